The van der Waals surface area contributed by atoms with Gasteiger partial charge in [-0.2, -0.15) is 0 Å². The fraction of sp³-hybridized carbons (Fsp3) is 0.440. The summed E-state index contributed by atoms with van der Waals surface area (Å²) in [6, 6.07) is 7.99. The van der Waals surface area contributed by atoms with Crippen LogP contribution >= 0.6 is 0 Å². The highest BCUT2D eigenvalue weighted by molar-refractivity contribution is 5.94. The molecule has 2 aliphatic rings. The minimum atomic E-state index is -0.478. The molecule has 5 rings (SSSR count). The van der Waals surface area contributed by atoms with E-state index in [1.54, 1.807) is 18.3 Å². The van der Waals surface area contributed by atoms with Gasteiger partial charge in [-0.1, -0.05) is 0 Å². The third-order valence-corrected chi connectivity index (χ3v) is 6.98. The van der Waals surface area contributed by atoms with E-state index in [1.807, 2.05) is 38.1 Å². The van der Waals surface area contributed by atoms with Gasteiger partial charge in [-0.15, -0.1) is 0 Å². The first-order valence-corrected chi connectivity index (χ1v) is 11.8. The zero-order valence-corrected chi connectivity index (χ0v) is 19.8. The standard InChI is InChI=1S/C25H30FN7O/c1-16-27-14-22(33(16)19-5-4-6-19)23-21(26)13-28-25(30-23)29-18-9-7-17(8-10-18)24(34)32-12-11-20(15-32)31(2)3/h7-10,13-14,19-20H,4-6,11-12,15H2,1-3H3,(H,28,29,30)/t20-/m1/s1. The van der Waals surface area contributed by atoms with Crippen molar-refractivity contribution in [2.45, 2.75) is 44.7 Å². The summed E-state index contributed by atoms with van der Waals surface area (Å²) in [6.07, 6.45) is 7.17. The minimum Gasteiger partial charge on any atom is -0.337 e. The monoisotopic (exact) mass is 463 g/mol. The van der Waals surface area contributed by atoms with Crippen molar-refractivity contribution in [1.29, 1.82) is 0 Å². The number of halogens is 1. The van der Waals surface area contributed by atoms with Gasteiger partial charge in [0.15, 0.2) is 5.82 Å². The average molecular weight is 464 g/mol. The lowest BCUT2D eigenvalue weighted by Gasteiger charge is -2.29. The molecule has 0 unspecified atom stereocenters. The molecule has 0 bridgehead atoms. The van der Waals surface area contributed by atoms with Crippen LogP contribution in [0.1, 0.15) is 47.9 Å². The summed E-state index contributed by atoms with van der Waals surface area (Å²) < 4.78 is 16.8. The molecule has 1 atom stereocenters. The average Bonchev–Trinajstić information content (AvgIpc) is 3.42. The molecule has 2 aromatic heterocycles. The SMILES string of the molecule is Cc1ncc(-c2nc(Nc3ccc(C(=O)N4CC[C@@H](N(C)C)C4)cc3)ncc2F)n1C1CCC1. The maximum Gasteiger partial charge on any atom is 0.253 e. The minimum absolute atomic E-state index is 0.0378. The number of aromatic nitrogens is 4. The van der Waals surface area contributed by atoms with Crippen LogP contribution in [-0.4, -0.2) is 68.5 Å². The lowest BCUT2D eigenvalue weighted by atomic mass is 9.92. The third kappa shape index (κ3) is 4.27. The number of nitrogens with one attached hydrogen (secondary N) is 1. The quantitative estimate of drug-likeness (QED) is 0.595. The van der Waals surface area contributed by atoms with Crippen LogP contribution in [0.25, 0.3) is 11.4 Å². The fourth-order valence-corrected chi connectivity index (χ4v) is 4.70. The van der Waals surface area contributed by atoms with Crippen molar-refractivity contribution in [3.05, 3.63) is 53.9 Å². The normalized spacial score (nSPS) is 18.4. The van der Waals surface area contributed by atoms with Gasteiger partial charge in [0.2, 0.25) is 5.95 Å². The molecule has 8 nitrogen and oxygen atoms in total. The summed E-state index contributed by atoms with van der Waals surface area (Å²) in [5.41, 5.74) is 2.28. The van der Waals surface area contributed by atoms with Crippen molar-refractivity contribution < 1.29 is 9.18 Å². The van der Waals surface area contributed by atoms with Gasteiger partial charge in [0.25, 0.3) is 5.91 Å². The fourth-order valence-electron chi connectivity index (χ4n) is 4.70. The zero-order valence-electron chi connectivity index (χ0n) is 19.8. The molecule has 9 heteroatoms. The molecule has 3 heterocycles. The van der Waals surface area contributed by atoms with E-state index >= 15 is 0 Å². The molecule has 1 N–H and O–H groups in total. The van der Waals surface area contributed by atoms with Crippen LogP contribution in [0.15, 0.2) is 36.7 Å². The topological polar surface area (TPSA) is 79.2 Å². The number of aryl methyl sites for hydroxylation is 1. The first-order chi connectivity index (χ1) is 16.4. The zero-order chi connectivity index (χ0) is 23.8. The Kier molecular flexibility index (Phi) is 6.03. The molecule has 1 saturated heterocycles. The molecule has 178 valence electrons. The van der Waals surface area contributed by atoms with E-state index in [0.717, 1.165) is 43.9 Å². The highest BCUT2D eigenvalue weighted by atomic mass is 19.1. The smallest absolute Gasteiger partial charge is 0.253 e. The second-order valence-corrected chi connectivity index (χ2v) is 9.40. The van der Waals surface area contributed by atoms with E-state index in [4.69, 9.17) is 0 Å². The van der Waals surface area contributed by atoms with Crippen molar-refractivity contribution in [1.82, 2.24) is 29.3 Å². The Balaban J connectivity index is 1.32. The second kappa shape index (κ2) is 9.13. The Morgan fingerprint density at radius 2 is 1.88 bits per heavy atom. The van der Waals surface area contributed by atoms with Gasteiger partial charge in [-0.3, -0.25) is 4.79 Å². The molecular formula is C25H30FN7O. The van der Waals surface area contributed by atoms with Gasteiger partial charge in [-0.25, -0.2) is 19.3 Å². The van der Waals surface area contributed by atoms with Crippen LogP contribution in [0.3, 0.4) is 0 Å². The molecule has 0 spiro atoms. The van der Waals surface area contributed by atoms with Crippen molar-refractivity contribution >= 4 is 17.5 Å². The van der Waals surface area contributed by atoms with Gasteiger partial charge in [0.05, 0.1) is 18.1 Å². The molecule has 2 fully saturated rings. The van der Waals surface area contributed by atoms with Crippen LogP contribution < -0.4 is 5.32 Å². The Morgan fingerprint density at radius 3 is 2.53 bits per heavy atom. The van der Waals surface area contributed by atoms with E-state index in [-0.39, 0.29) is 11.6 Å². The number of carbonyl (C=O) groups is 1. The summed E-state index contributed by atoms with van der Waals surface area (Å²) in [5, 5.41) is 3.13. The molecular weight excluding hydrogens is 433 g/mol. The number of hydrogen-bond acceptors (Lipinski definition) is 6. The number of benzene rings is 1. The van der Waals surface area contributed by atoms with Crippen LogP contribution in [0.2, 0.25) is 0 Å². The van der Waals surface area contributed by atoms with E-state index in [1.165, 1.54) is 12.6 Å². The Morgan fingerprint density at radius 1 is 1.12 bits per heavy atom. The molecule has 34 heavy (non-hydrogen) atoms. The molecule has 3 aromatic rings. The van der Waals surface area contributed by atoms with Crippen molar-refractivity contribution in [2.24, 2.45) is 0 Å². The van der Waals surface area contributed by atoms with Gasteiger partial charge < -0.3 is 19.7 Å². The van der Waals surface area contributed by atoms with Crippen LogP contribution in [0, 0.1) is 12.7 Å². The Hall–Kier alpha value is -3.33. The molecule has 1 saturated carbocycles. The van der Waals surface area contributed by atoms with E-state index in [2.05, 4.69) is 29.7 Å². The summed E-state index contributed by atoms with van der Waals surface area (Å²) in [5.74, 6) is 0.717. The van der Waals surface area contributed by atoms with E-state index < -0.39 is 5.82 Å². The number of likely N-dealkylation sites (N-methyl/N-ethyl adjacent to an activating group) is 1. The van der Waals surface area contributed by atoms with Gasteiger partial charge in [0, 0.05) is 36.4 Å². The number of nitrogens with zero attached hydrogens (tertiary/aromatic N) is 6. The van der Waals surface area contributed by atoms with Crippen LogP contribution in [0.4, 0.5) is 16.0 Å². The van der Waals surface area contributed by atoms with Gasteiger partial charge in [-0.05, 0) is 71.0 Å². The first-order valence-electron chi connectivity index (χ1n) is 11.8. The van der Waals surface area contributed by atoms with Crippen LogP contribution in [-0.2, 0) is 0 Å². The molecule has 0 radical (unpaired) electrons. The van der Waals surface area contributed by atoms with Crippen molar-refractivity contribution in [3.8, 4) is 11.4 Å². The number of anilines is 2. The molecule has 1 aliphatic heterocycles. The predicted molar refractivity (Wildman–Crippen MR) is 129 cm³/mol. The molecule has 1 amide bonds. The molecule has 1 aliphatic carbocycles. The number of hydrogen-bond donors (Lipinski definition) is 1. The summed E-state index contributed by atoms with van der Waals surface area (Å²) >= 11 is 0. The molecule has 1 aromatic carbocycles. The number of carbonyl (C=O) groups excluding carboxylic acids is 1. The van der Waals surface area contributed by atoms with E-state index in [0.29, 0.717) is 29.3 Å². The lowest BCUT2D eigenvalue weighted by molar-refractivity contribution is 0.0783. The number of likely N-dealkylation sites (tertiary alicyclic amines) is 1. The number of imidazole rings is 1. The van der Waals surface area contributed by atoms with Crippen LogP contribution in [0.5, 0.6) is 0 Å². The highest BCUT2D eigenvalue weighted by Gasteiger charge is 2.28. The lowest BCUT2D eigenvalue weighted by Crippen LogP contribution is -2.34. The number of amides is 1. The maximum atomic E-state index is 14.7. The van der Waals surface area contributed by atoms with E-state index in [9.17, 15) is 9.18 Å². The first kappa shape index (κ1) is 22.5. The second-order valence-electron chi connectivity index (χ2n) is 9.40. The highest BCUT2D eigenvalue weighted by Crippen LogP contribution is 2.36. The summed E-state index contributed by atoms with van der Waals surface area (Å²) in [4.78, 5) is 29.9. The van der Waals surface area contributed by atoms with Crippen molar-refractivity contribution in [2.75, 3.05) is 32.5 Å². The Labute approximate surface area is 198 Å². The maximum absolute atomic E-state index is 14.7. The van der Waals surface area contributed by atoms with Gasteiger partial charge in [0.1, 0.15) is 11.5 Å². The van der Waals surface area contributed by atoms with Gasteiger partial charge >= 0.3 is 0 Å². The number of rotatable bonds is 6. The largest absolute Gasteiger partial charge is 0.337 e. The third-order valence-electron chi connectivity index (χ3n) is 6.98. The summed E-state index contributed by atoms with van der Waals surface area (Å²) in [7, 11) is 4.09. The van der Waals surface area contributed by atoms with Crippen molar-refractivity contribution in [3.63, 3.8) is 0 Å². The summed E-state index contributed by atoms with van der Waals surface area (Å²) in [6.45, 7) is 3.45. The predicted octanol–water partition coefficient (Wildman–Crippen LogP) is 4.03. The Bertz CT molecular complexity index is 1190.